The Hall–Kier alpha value is -0.540. The minimum absolute atomic E-state index is 0.313. The third kappa shape index (κ3) is 6.27. The van der Waals surface area contributed by atoms with E-state index in [4.69, 9.17) is 4.74 Å². The van der Waals surface area contributed by atoms with Gasteiger partial charge in [0.15, 0.2) is 0 Å². The normalized spacial score (nSPS) is 12.7. The third-order valence-corrected chi connectivity index (χ3v) is 3.82. The van der Waals surface area contributed by atoms with Gasteiger partial charge in [-0.1, -0.05) is 36.7 Å². The molecule has 0 saturated heterocycles. The van der Waals surface area contributed by atoms with Crippen molar-refractivity contribution in [1.29, 1.82) is 0 Å². The fourth-order valence-corrected chi connectivity index (χ4v) is 2.51. The largest absolute Gasteiger partial charge is 0.493 e. The minimum Gasteiger partial charge on any atom is -0.493 e. The van der Waals surface area contributed by atoms with E-state index in [1.54, 1.807) is 0 Å². The lowest BCUT2D eigenvalue weighted by Crippen LogP contribution is -2.20. The van der Waals surface area contributed by atoms with Crippen molar-refractivity contribution in [3.05, 3.63) is 28.2 Å². The van der Waals surface area contributed by atoms with Crippen molar-refractivity contribution in [3.8, 4) is 5.75 Å². The van der Waals surface area contributed by atoms with E-state index in [0.29, 0.717) is 6.04 Å². The quantitative estimate of drug-likeness (QED) is 0.613. The van der Waals surface area contributed by atoms with Crippen molar-refractivity contribution in [3.63, 3.8) is 0 Å². The predicted octanol–water partition coefficient (Wildman–Crippen LogP) is 5.32. The second-order valence-corrected chi connectivity index (χ2v) is 6.66. The molecule has 2 nitrogen and oxygen atoms in total. The molecule has 114 valence electrons. The Morgan fingerprint density at radius 2 is 2.00 bits per heavy atom. The van der Waals surface area contributed by atoms with Crippen LogP contribution in [-0.4, -0.2) is 13.2 Å². The van der Waals surface area contributed by atoms with Crippen LogP contribution in [0.5, 0.6) is 5.75 Å². The van der Waals surface area contributed by atoms with Crippen LogP contribution in [0.1, 0.15) is 58.6 Å². The van der Waals surface area contributed by atoms with Gasteiger partial charge in [0.05, 0.1) is 6.61 Å². The average Bonchev–Trinajstić information content (AvgIpc) is 2.41. The molecular weight excluding hydrogens is 314 g/mol. The summed E-state index contributed by atoms with van der Waals surface area (Å²) >= 11 is 3.55. The Bertz CT molecular complexity index is 393. The summed E-state index contributed by atoms with van der Waals surface area (Å²) in [5, 5.41) is 3.52. The zero-order chi connectivity index (χ0) is 15.0. The molecule has 1 N–H and O–H groups in total. The van der Waals surface area contributed by atoms with Gasteiger partial charge in [0.25, 0.3) is 0 Å². The highest BCUT2D eigenvalue weighted by molar-refractivity contribution is 9.10. The highest BCUT2D eigenvalue weighted by atomic mass is 79.9. The smallest absolute Gasteiger partial charge is 0.124 e. The molecule has 0 aliphatic rings. The number of rotatable bonds is 9. The molecule has 0 aromatic heterocycles. The van der Waals surface area contributed by atoms with Gasteiger partial charge in [-0.15, -0.1) is 0 Å². The number of halogens is 1. The second kappa shape index (κ2) is 9.41. The summed E-state index contributed by atoms with van der Waals surface area (Å²) in [7, 11) is 0. The van der Waals surface area contributed by atoms with Gasteiger partial charge >= 0.3 is 0 Å². The van der Waals surface area contributed by atoms with Crippen LogP contribution in [0.15, 0.2) is 22.7 Å². The van der Waals surface area contributed by atoms with E-state index in [1.165, 1.54) is 12.0 Å². The van der Waals surface area contributed by atoms with E-state index >= 15 is 0 Å². The summed E-state index contributed by atoms with van der Waals surface area (Å²) in [5.41, 5.74) is 1.23. The molecule has 1 rings (SSSR count). The molecule has 1 atom stereocenters. The number of ether oxygens (including phenoxy) is 1. The van der Waals surface area contributed by atoms with Gasteiger partial charge in [0.2, 0.25) is 0 Å². The van der Waals surface area contributed by atoms with Gasteiger partial charge in [-0.3, -0.25) is 0 Å². The highest BCUT2D eigenvalue weighted by Crippen LogP contribution is 2.29. The van der Waals surface area contributed by atoms with E-state index in [2.05, 4.69) is 61.1 Å². The SMILES string of the molecule is CCCNC(C)c1cc(Br)ccc1OCCCC(C)C. The molecule has 0 amide bonds. The lowest BCUT2D eigenvalue weighted by molar-refractivity contribution is 0.292. The molecule has 0 aliphatic heterocycles. The van der Waals surface area contributed by atoms with Gasteiger partial charge < -0.3 is 10.1 Å². The number of benzene rings is 1. The zero-order valence-electron chi connectivity index (χ0n) is 13.2. The fourth-order valence-electron chi connectivity index (χ4n) is 2.13. The van der Waals surface area contributed by atoms with Crippen LogP contribution in [-0.2, 0) is 0 Å². The van der Waals surface area contributed by atoms with Crippen LogP contribution in [0.2, 0.25) is 0 Å². The summed E-state index contributed by atoms with van der Waals surface area (Å²) in [6, 6.07) is 6.59. The van der Waals surface area contributed by atoms with Gasteiger partial charge in [-0.2, -0.15) is 0 Å². The first-order chi connectivity index (χ1) is 9.54. The molecular formula is C17H28BrNO. The summed E-state index contributed by atoms with van der Waals surface area (Å²) < 4.78 is 7.09. The van der Waals surface area contributed by atoms with E-state index in [1.807, 2.05) is 6.07 Å². The van der Waals surface area contributed by atoms with E-state index in [0.717, 1.165) is 42.1 Å². The molecule has 0 spiro atoms. The molecule has 1 aromatic rings. The van der Waals surface area contributed by atoms with Crippen molar-refractivity contribution in [1.82, 2.24) is 5.32 Å². The molecule has 20 heavy (non-hydrogen) atoms. The van der Waals surface area contributed by atoms with E-state index in [9.17, 15) is 0 Å². The van der Waals surface area contributed by atoms with Crippen molar-refractivity contribution < 1.29 is 4.74 Å². The summed E-state index contributed by atoms with van der Waals surface area (Å²) in [4.78, 5) is 0. The van der Waals surface area contributed by atoms with E-state index in [-0.39, 0.29) is 0 Å². The molecule has 0 aliphatic carbocycles. The van der Waals surface area contributed by atoms with Crippen LogP contribution in [0.4, 0.5) is 0 Å². The number of nitrogens with one attached hydrogen (secondary N) is 1. The van der Waals surface area contributed by atoms with Gasteiger partial charge in [0, 0.05) is 16.1 Å². The van der Waals surface area contributed by atoms with Gasteiger partial charge in [-0.25, -0.2) is 0 Å². The number of hydrogen-bond donors (Lipinski definition) is 1. The molecule has 0 saturated carbocycles. The van der Waals surface area contributed by atoms with Crippen LogP contribution < -0.4 is 10.1 Å². The minimum atomic E-state index is 0.313. The third-order valence-electron chi connectivity index (χ3n) is 3.32. The molecule has 1 aromatic carbocycles. The first kappa shape index (κ1) is 17.5. The van der Waals surface area contributed by atoms with E-state index < -0.39 is 0 Å². The highest BCUT2D eigenvalue weighted by Gasteiger charge is 2.11. The molecule has 3 heteroatoms. The summed E-state index contributed by atoms with van der Waals surface area (Å²) in [6.45, 7) is 10.7. The second-order valence-electron chi connectivity index (χ2n) is 5.74. The lowest BCUT2D eigenvalue weighted by Gasteiger charge is -2.19. The Balaban J connectivity index is 2.64. The molecule has 0 radical (unpaired) electrons. The Morgan fingerprint density at radius 3 is 2.65 bits per heavy atom. The maximum atomic E-state index is 5.98. The maximum Gasteiger partial charge on any atom is 0.124 e. The first-order valence-corrected chi connectivity index (χ1v) is 8.49. The molecule has 1 unspecified atom stereocenters. The van der Waals surface area contributed by atoms with Crippen LogP contribution in [0.3, 0.4) is 0 Å². The predicted molar refractivity (Wildman–Crippen MR) is 90.4 cm³/mol. The molecule has 0 heterocycles. The van der Waals surface area contributed by atoms with Crippen LogP contribution >= 0.6 is 15.9 Å². The van der Waals surface area contributed by atoms with Gasteiger partial charge in [0.1, 0.15) is 5.75 Å². The number of hydrogen-bond acceptors (Lipinski definition) is 2. The fraction of sp³-hybridized carbons (Fsp3) is 0.647. The topological polar surface area (TPSA) is 21.3 Å². The molecule has 0 bridgehead atoms. The van der Waals surface area contributed by atoms with Crippen molar-refractivity contribution in [2.75, 3.05) is 13.2 Å². The maximum absolute atomic E-state index is 5.98. The van der Waals surface area contributed by atoms with Crippen molar-refractivity contribution >= 4 is 15.9 Å². The lowest BCUT2D eigenvalue weighted by atomic mass is 10.1. The van der Waals surface area contributed by atoms with Crippen LogP contribution in [0.25, 0.3) is 0 Å². The zero-order valence-corrected chi connectivity index (χ0v) is 14.8. The Kier molecular flexibility index (Phi) is 8.24. The molecule has 0 fully saturated rings. The summed E-state index contributed by atoms with van der Waals surface area (Å²) in [6.07, 6.45) is 3.47. The first-order valence-electron chi connectivity index (χ1n) is 7.70. The van der Waals surface area contributed by atoms with Crippen molar-refractivity contribution in [2.24, 2.45) is 5.92 Å². The van der Waals surface area contributed by atoms with Gasteiger partial charge in [-0.05, 0) is 56.8 Å². The Labute approximate surface area is 132 Å². The monoisotopic (exact) mass is 341 g/mol. The standard InChI is InChI=1S/C17H28BrNO/c1-5-10-19-14(4)16-12-15(18)8-9-17(16)20-11-6-7-13(2)3/h8-9,12-14,19H,5-7,10-11H2,1-4H3. The summed E-state index contributed by atoms with van der Waals surface area (Å²) in [5.74, 6) is 1.75. The average molecular weight is 342 g/mol. The Morgan fingerprint density at radius 1 is 1.25 bits per heavy atom. The van der Waals surface area contributed by atoms with Crippen molar-refractivity contribution in [2.45, 2.75) is 53.0 Å². The van der Waals surface area contributed by atoms with Crippen LogP contribution in [0, 0.1) is 5.92 Å².